The molecule has 0 radical (unpaired) electrons. The molecule has 14 heteroatoms. The van der Waals surface area contributed by atoms with E-state index in [0.29, 0.717) is 11.1 Å². The fraction of sp³-hybridized carbons (Fsp3) is 0.240. The molecular formula is C25H21F4N7O3. The normalized spacial score (nSPS) is 17.3. The van der Waals surface area contributed by atoms with Crippen LogP contribution in [0.3, 0.4) is 0 Å². The molecule has 10 nitrogen and oxygen atoms in total. The minimum absolute atomic E-state index is 0.0174. The second kappa shape index (κ2) is 10.3. The molecule has 0 spiro atoms. The standard InChI is InChI=1S/C25H21F4N7O3/c26-14-7-18(31-10-14)23(37)32-9-12-6-13(25(27,28)29)4-5-15(12)17-8-20(34-11-33-17)39-19-3-1-2-16-21(19)36-22(30)24(38)35-16/h1-6,8,11,14,18,31H,7,9-10H2,(H2,30,36)(H,32,37)(H,35,38)/t14-,18+/m1/s1. The third-order valence-electron chi connectivity index (χ3n) is 6.12. The van der Waals surface area contributed by atoms with Crippen molar-refractivity contribution >= 4 is 22.8 Å². The summed E-state index contributed by atoms with van der Waals surface area (Å²) in [5.41, 5.74) is 5.47. The average Bonchev–Trinajstić information content (AvgIpc) is 3.34. The van der Waals surface area contributed by atoms with Gasteiger partial charge in [0.1, 0.15) is 18.0 Å². The molecule has 5 N–H and O–H groups in total. The monoisotopic (exact) mass is 543 g/mol. The highest BCUT2D eigenvalue weighted by Gasteiger charge is 2.32. The van der Waals surface area contributed by atoms with E-state index in [2.05, 4.69) is 30.6 Å². The van der Waals surface area contributed by atoms with Crippen LogP contribution in [0.5, 0.6) is 11.6 Å². The topological polar surface area (TPSA) is 148 Å². The lowest BCUT2D eigenvalue weighted by atomic mass is 10.0. The van der Waals surface area contributed by atoms with Gasteiger partial charge in [0.05, 0.1) is 22.8 Å². The maximum atomic E-state index is 13.5. The lowest BCUT2D eigenvalue weighted by Gasteiger charge is -2.16. The summed E-state index contributed by atoms with van der Waals surface area (Å²) in [7, 11) is 0. The van der Waals surface area contributed by atoms with E-state index in [0.717, 1.165) is 12.1 Å². The van der Waals surface area contributed by atoms with Gasteiger partial charge in [0.2, 0.25) is 11.8 Å². The Bertz CT molecular complexity index is 1610. The van der Waals surface area contributed by atoms with Gasteiger partial charge in [-0.3, -0.25) is 9.59 Å². The van der Waals surface area contributed by atoms with Crippen LogP contribution >= 0.6 is 0 Å². The molecule has 0 aliphatic carbocycles. The van der Waals surface area contributed by atoms with Crippen LogP contribution in [0.2, 0.25) is 0 Å². The van der Waals surface area contributed by atoms with Gasteiger partial charge in [-0.1, -0.05) is 12.1 Å². The van der Waals surface area contributed by atoms with Gasteiger partial charge < -0.3 is 26.1 Å². The van der Waals surface area contributed by atoms with Gasteiger partial charge in [0.15, 0.2) is 11.6 Å². The molecule has 0 unspecified atom stereocenters. The first-order valence-corrected chi connectivity index (χ1v) is 11.7. The fourth-order valence-electron chi connectivity index (χ4n) is 4.20. The minimum atomic E-state index is -4.62. The van der Waals surface area contributed by atoms with Crippen molar-refractivity contribution in [1.29, 1.82) is 0 Å². The Balaban J connectivity index is 1.46. The van der Waals surface area contributed by atoms with E-state index in [1.54, 1.807) is 18.2 Å². The van der Waals surface area contributed by atoms with Gasteiger partial charge >= 0.3 is 6.18 Å². The minimum Gasteiger partial charge on any atom is -0.437 e. The molecule has 202 valence electrons. The van der Waals surface area contributed by atoms with Gasteiger partial charge in [-0.15, -0.1) is 0 Å². The number of aromatic amines is 1. The maximum absolute atomic E-state index is 13.5. The van der Waals surface area contributed by atoms with Gasteiger partial charge in [-0.2, -0.15) is 13.2 Å². The number of nitrogens with zero attached hydrogens (tertiary/aromatic N) is 3. The van der Waals surface area contributed by atoms with Crippen molar-refractivity contribution in [1.82, 2.24) is 30.6 Å². The van der Waals surface area contributed by atoms with E-state index < -0.39 is 35.4 Å². The quantitative estimate of drug-likeness (QED) is 0.271. The number of amides is 1. The SMILES string of the molecule is Nc1nc2c(Oc3cc(-c4ccc(C(F)(F)F)cc4CNC(=O)[C@@H]4C[C@@H](F)CN4)ncn3)cccc2[nH]c1=O. The highest BCUT2D eigenvalue weighted by molar-refractivity contribution is 5.83. The van der Waals surface area contributed by atoms with Crippen LogP contribution < -0.4 is 26.7 Å². The number of rotatable bonds is 6. The smallest absolute Gasteiger partial charge is 0.416 e. The Hall–Kier alpha value is -4.59. The van der Waals surface area contributed by atoms with Crippen LogP contribution in [0.15, 0.2) is 53.6 Å². The van der Waals surface area contributed by atoms with Crippen molar-refractivity contribution in [2.24, 2.45) is 0 Å². The van der Waals surface area contributed by atoms with Gasteiger partial charge in [-0.05, 0) is 29.8 Å². The number of carbonyl (C=O) groups excluding carboxylic acids is 1. The number of aromatic nitrogens is 4. The summed E-state index contributed by atoms with van der Waals surface area (Å²) >= 11 is 0. The third-order valence-corrected chi connectivity index (χ3v) is 6.12. The molecule has 1 aliphatic rings. The summed E-state index contributed by atoms with van der Waals surface area (Å²) in [5, 5.41) is 5.31. The molecule has 0 bridgehead atoms. The molecule has 5 rings (SSSR count). The van der Waals surface area contributed by atoms with Crippen LogP contribution in [0.4, 0.5) is 23.4 Å². The fourth-order valence-corrected chi connectivity index (χ4v) is 4.20. The van der Waals surface area contributed by atoms with E-state index in [1.807, 2.05) is 0 Å². The number of H-pyrrole nitrogens is 1. The number of anilines is 1. The number of nitrogen functional groups attached to an aromatic ring is 1. The van der Waals surface area contributed by atoms with Gasteiger partial charge in [-0.25, -0.2) is 19.3 Å². The molecule has 2 aromatic heterocycles. The zero-order valence-corrected chi connectivity index (χ0v) is 20.1. The largest absolute Gasteiger partial charge is 0.437 e. The lowest BCUT2D eigenvalue weighted by Crippen LogP contribution is -2.40. The molecule has 1 aliphatic heterocycles. The first-order valence-electron chi connectivity index (χ1n) is 11.7. The predicted molar refractivity (Wildman–Crippen MR) is 132 cm³/mol. The molecule has 1 amide bonds. The number of carbonyl (C=O) groups is 1. The number of ether oxygens (including phenoxy) is 1. The zero-order chi connectivity index (χ0) is 27.7. The van der Waals surface area contributed by atoms with Crippen molar-refractivity contribution in [2.75, 3.05) is 12.3 Å². The van der Waals surface area contributed by atoms with Crippen LogP contribution in [-0.4, -0.2) is 44.6 Å². The summed E-state index contributed by atoms with van der Waals surface area (Å²) in [6.07, 6.45) is -4.63. The lowest BCUT2D eigenvalue weighted by molar-refractivity contribution is -0.137. The summed E-state index contributed by atoms with van der Waals surface area (Å²) in [5.74, 6) is -0.521. The number of halogens is 4. The first kappa shape index (κ1) is 26.0. The highest BCUT2D eigenvalue weighted by atomic mass is 19.4. The second-order valence-corrected chi connectivity index (χ2v) is 8.83. The van der Waals surface area contributed by atoms with Gasteiger partial charge in [0, 0.05) is 31.1 Å². The Morgan fingerprint density at radius 3 is 2.74 bits per heavy atom. The maximum Gasteiger partial charge on any atom is 0.416 e. The number of fused-ring (bicyclic) bond motifs is 1. The Morgan fingerprint density at radius 2 is 2.00 bits per heavy atom. The van der Waals surface area contributed by atoms with Crippen LogP contribution in [-0.2, 0) is 17.5 Å². The summed E-state index contributed by atoms with van der Waals surface area (Å²) < 4.78 is 59.7. The summed E-state index contributed by atoms with van der Waals surface area (Å²) in [4.78, 5) is 39.1. The molecule has 0 saturated carbocycles. The number of nitrogens with one attached hydrogen (secondary N) is 3. The number of benzene rings is 2. The Morgan fingerprint density at radius 1 is 1.18 bits per heavy atom. The third kappa shape index (κ3) is 5.65. The van der Waals surface area contributed by atoms with Crippen molar-refractivity contribution < 1.29 is 27.1 Å². The molecule has 3 heterocycles. The summed E-state index contributed by atoms with van der Waals surface area (Å²) in [6, 6.07) is 8.52. The van der Waals surface area contributed by atoms with Crippen LogP contribution in [0, 0.1) is 0 Å². The van der Waals surface area contributed by atoms with Crippen LogP contribution in [0.1, 0.15) is 17.5 Å². The van der Waals surface area contributed by atoms with Crippen LogP contribution in [0.25, 0.3) is 22.3 Å². The Kier molecular flexibility index (Phi) is 6.87. The molecule has 1 saturated heterocycles. The summed E-state index contributed by atoms with van der Waals surface area (Å²) in [6.45, 7) is -0.223. The molecule has 1 fully saturated rings. The highest BCUT2D eigenvalue weighted by Crippen LogP contribution is 2.34. The number of hydrogen-bond acceptors (Lipinski definition) is 8. The average molecular weight is 543 g/mol. The number of alkyl halides is 4. The second-order valence-electron chi connectivity index (χ2n) is 8.83. The molecular weight excluding hydrogens is 522 g/mol. The van der Waals surface area contributed by atoms with E-state index in [4.69, 9.17) is 10.5 Å². The first-order chi connectivity index (χ1) is 18.6. The van der Waals surface area contributed by atoms with Crippen molar-refractivity contribution in [2.45, 2.75) is 31.4 Å². The molecule has 39 heavy (non-hydrogen) atoms. The predicted octanol–water partition coefficient (Wildman–Crippen LogP) is 3.09. The molecule has 2 aromatic carbocycles. The zero-order valence-electron chi connectivity index (χ0n) is 20.1. The van der Waals surface area contributed by atoms with E-state index in [1.165, 1.54) is 18.5 Å². The number of para-hydroxylation sites is 1. The molecule has 2 atom stereocenters. The molecule has 4 aromatic rings. The van der Waals surface area contributed by atoms with E-state index >= 15 is 0 Å². The number of hydrogen-bond donors (Lipinski definition) is 4. The van der Waals surface area contributed by atoms with Crippen molar-refractivity contribution in [3.63, 3.8) is 0 Å². The van der Waals surface area contributed by atoms with Gasteiger partial charge in [0.25, 0.3) is 5.56 Å². The number of nitrogens with two attached hydrogens (primary N) is 1. The van der Waals surface area contributed by atoms with Crippen molar-refractivity contribution in [3.05, 3.63) is 70.3 Å². The van der Waals surface area contributed by atoms with E-state index in [9.17, 15) is 27.2 Å². The van der Waals surface area contributed by atoms with Crippen molar-refractivity contribution in [3.8, 4) is 22.9 Å². The van der Waals surface area contributed by atoms with E-state index in [-0.39, 0.29) is 53.7 Å². The Labute approximate surface area is 217 Å².